The molecule has 0 aromatic heterocycles. The molecule has 0 amide bonds. The Balaban J connectivity index is 0.00000144. The van der Waals surface area contributed by atoms with E-state index >= 15 is 0 Å². The summed E-state index contributed by atoms with van der Waals surface area (Å²) in [7, 11) is 0. The van der Waals surface area contributed by atoms with Crippen molar-refractivity contribution < 1.29 is 63.5 Å². The third kappa shape index (κ3) is 3.77. The zero-order valence-corrected chi connectivity index (χ0v) is 12.6. The van der Waals surface area contributed by atoms with Gasteiger partial charge in [-0.1, -0.05) is 0 Å². The van der Waals surface area contributed by atoms with E-state index in [1.54, 1.807) is 13.8 Å². The van der Waals surface area contributed by atoms with Gasteiger partial charge >= 0.3 is 29.6 Å². The Morgan fingerprint density at radius 2 is 2.12 bits per heavy atom. The largest absolute Gasteiger partial charge is 1.00 e. The number of aliphatic hydroxyl groups excluding tert-OH is 1. The Bertz CT molecular complexity index is 254. The van der Waals surface area contributed by atoms with Gasteiger partial charge in [-0.15, -0.1) is 0 Å². The van der Waals surface area contributed by atoms with E-state index in [1.807, 2.05) is 0 Å². The van der Waals surface area contributed by atoms with Gasteiger partial charge in [-0.3, -0.25) is 5.04 Å². The third-order valence-corrected chi connectivity index (χ3v) is 3.04. The molecular formula is C8H13NaO7S. The monoisotopic (exact) mass is 276 g/mol. The van der Waals surface area contributed by atoms with Gasteiger partial charge in [-0.25, -0.2) is 0 Å². The van der Waals surface area contributed by atoms with Crippen molar-refractivity contribution in [1.29, 1.82) is 0 Å². The summed E-state index contributed by atoms with van der Waals surface area (Å²) in [5.74, 6) is -0.493. The Labute approximate surface area is 125 Å². The average molecular weight is 276 g/mol. The van der Waals surface area contributed by atoms with Crippen molar-refractivity contribution in [1.82, 2.24) is 0 Å². The van der Waals surface area contributed by atoms with Crippen molar-refractivity contribution in [3.05, 3.63) is 0 Å². The van der Waals surface area contributed by atoms with Crippen LogP contribution in [0.15, 0.2) is 0 Å². The van der Waals surface area contributed by atoms with E-state index in [-0.39, 0.29) is 35.3 Å². The molecule has 17 heavy (non-hydrogen) atoms. The molecule has 0 aromatic rings. The summed E-state index contributed by atoms with van der Waals surface area (Å²) in [6.07, 6.45) is -2.40. The number of fused-ring (bicyclic) bond motifs is 1. The second kappa shape index (κ2) is 6.49. The van der Waals surface area contributed by atoms with E-state index in [9.17, 15) is 10.4 Å². The maximum atomic E-state index is 9.87. The topological polar surface area (TPSA) is 89.4 Å². The second-order valence-electron chi connectivity index (χ2n) is 4.05. The summed E-state index contributed by atoms with van der Waals surface area (Å²) >= 11 is 0.762. The quantitative estimate of drug-likeness (QED) is 0.183. The molecular weight excluding hydrogens is 263 g/mol. The van der Waals surface area contributed by atoms with E-state index in [0.29, 0.717) is 0 Å². The predicted octanol–water partition coefficient (Wildman–Crippen LogP) is -3.90. The van der Waals surface area contributed by atoms with Crippen molar-refractivity contribution in [2.45, 2.75) is 44.2 Å². The molecule has 0 bridgehead atoms. The number of hydrogen-bond acceptors (Lipinski definition) is 8. The minimum atomic E-state index is -0.811. The third-order valence-electron chi connectivity index (χ3n) is 2.42. The molecule has 2 saturated heterocycles. The first-order valence-corrected chi connectivity index (χ1v) is 5.72. The van der Waals surface area contributed by atoms with E-state index < -0.39 is 30.4 Å². The SMILES string of the molecule is CC1(C)OC2OC(CSOO[O-])C(O)C2O1.[Na+]. The minimum absolute atomic E-state index is 0. The first-order chi connectivity index (χ1) is 7.53. The fourth-order valence-corrected chi connectivity index (χ4v) is 2.32. The maximum absolute atomic E-state index is 9.87. The van der Waals surface area contributed by atoms with Crippen LogP contribution in [0, 0.1) is 0 Å². The fraction of sp³-hybridized carbons (Fsp3) is 1.00. The smallest absolute Gasteiger partial charge is 0.691 e. The molecule has 2 heterocycles. The Hall–Kier alpha value is 1.07. The van der Waals surface area contributed by atoms with E-state index in [0.717, 1.165) is 12.0 Å². The van der Waals surface area contributed by atoms with Crippen LogP contribution >= 0.6 is 12.0 Å². The number of hydrogen-bond donors (Lipinski definition) is 1. The van der Waals surface area contributed by atoms with Crippen LogP contribution in [0.4, 0.5) is 0 Å². The van der Waals surface area contributed by atoms with Crippen LogP contribution in [-0.2, 0) is 23.6 Å². The second-order valence-corrected chi connectivity index (χ2v) is 4.76. The zero-order chi connectivity index (χ0) is 11.8. The number of aliphatic hydroxyl groups is 1. The van der Waals surface area contributed by atoms with E-state index in [1.165, 1.54) is 0 Å². The molecule has 0 aliphatic carbocycles. The maximum Gasteiger partial charge on any atom is 1.00 e. The molecule has 2 aliphatic rings. The normalized spacial score (nSPS) is 38.8. The molecule has 2 fully saturated rings. The molecule has 7 nitrogen and oxygen atoms in total. The Morgan fingerprint density at radius 3 is 2.71 bits per heavy atom. The van der Waals surface area contributed by atoms with Gasteiger partial charge in [-0.2, -0.15) is 4.33 Å². The van der Waals surface area contributed by atoms with Crippen LogP contribution in [-0.4, -0.2) is 41.2 Å². The van der Waals surface area contributed by atoms with Crippen LogP contribution in [0.3, 0.4) is 0 Å². The van der Waals surface area contributed by atoms with Crippen LogP contribution in [0.5, 0.6) is 0 Å². The van der Waals surface area contributed by atoms with Crippen LogP contribution < -0.4 is 34.8 Å². The minimum Gasteiger partial charge on any atom is -0.691 e. The molecule has 4 unspecified atom stereocenters. The van der Waals surface area contributed by atoms with Gasteiger partial charge in [0.2, 0.25) is 0 Å². The van der Waals surface area contributed by atoms with Gasteiger partial charge < -0.3 is 24.6 Å². The Morgan fingerprint density at radius 1 is 1.41 bits per heavy atom. The van der Waals surface area contributed by atoms with Gasteiger partial charge in [0.05, 0.1) is 5.75 Å². The van der Waals surface area contributed by atoms with Gasteiger partial charge in [-0.05, 0) is 13.8 Å². The molecule has 4 atom stereocenters. The Kier molecular flexibility index (Phi) is 6.15. The van der Waals surface area contributed by atoms with Crippen molar-refractivity contribution in [3.63, 3.8) is 0 Å². The summed E-state index contributed by atoms with van der Waals surface area (Å²) in [5, 5.41) is 22.6. The molecule has 94 valence electrons. The fourth-order valence-electron chi connectivity index (χ4n) is 1.81. The first kappa shape index (κ1) is 16.1. The molecule has 0 spiro atoms. The first-order valence-electron chi connectivity index (χ1n) is 4.81. The standard InChI is InChI=1S/C8H14O7S.Na/c1-8(2)12-6-5(9)4(3-16-15-14-10)11-7(6)13-8;/h4-7,9-10H,3H2,1-2H3;/q;+1/p-1. The van der Waals surface area contributed by atoms with Crippen LogP contribution in [0.25, 0.3) is 0 Å². The molecule has 2 rings (SSSR count). The summed E-state index contributed by atoms with van der Waals surface area (Å²) in [6, 6.07) is 0. The molecule has 1 N–H and O–H groups in total. The van der Waals surface area contributed by atoms with Gasteiger partial charge in [0, 0.05) is 12.0 Å². The average Bonchev–Trinajstić information content (AvgIpc) is 2.63. The molecule has 0 saturated carbocycles. The zero-order valence-electron chi connectivity index (χ0n) is 9.82. The van der Waals surface area contributed by atoms with Crippen LogP contribution in [0.2, 0.25) is 0 Å². The van der Waals surface area contributed by atoms with Crippen molar-refractivity contribution in [3.8, 4) is 0 Å². The van der Waals surface area contributed by atoms with E-state index in [4.69, 9.17) is 14.2 Å². The molecule has 0 radical (unpaired) electrons. The summed E-state index contributed by atoms with van der Waals surface area (Å²) in [6.45, 7) is 3.50. The molecule has 2 aliphatic heterocycles. The van der Waals surface area contributed by atoms with Gasteiger partial charge in [0.15, 0.2) is 12.1 Å². The number of rotatable bonds is 4. The van der Waals surface area contributed by atoms with Crippen molar-refractivity contribution in [2.75, 3.05) is 5.75 Å². The summed E-state index contributed by atoms with van der Waals surface area (Å²) in [5.41, 5.74) is 0. The molecule has 9 heteroatoms. The summed E-state index contributed by atoms with van der Waals surface area (Å²) < 4.78 is 20.4. The van der Waals surface area contributed by atoms with E-state index in [2.05, 4.69) is 9.37 Å². The summed E-state index contributed by atoms with van der Waals surface area (Å²) in [4.78, 5) is 0. The van der Waals surface area contributed by atoms with Gasteiger partial charge in [0.1, 0.15) is 18.3 Å². The predicted molar refractivity (Wildman–Crippen MR) is 49.3 cm³/mol. The number of ether oxygens (including phenoxy) is 3. The molecule has 0 aromatic carbocycles. The van der Waals surface area contributed by atoms with Crippen molar-refractivity contribution >= 4 is 12.0 Å². The van der Waals surface area contributed by atoms with Gasteiger partial charge in [0.25, 0.3) is 0 Å². The van der Waals surface area contributed by atoms with Crippen LogP contribution in [0.1, 0.15) is 13.8 Å². The van der Waals surface area contributed by atoms with Crippen molar-refractivity contribution in [2.24, 2.45) is 0 Å².